The normalized spacial score (nSPS) is 22.6. The summed E-state index contributed by atoms with van der Waals surface area (Å²) in [6.07, 6.45) is 0.258. The van der Waals surface area contributed by atoms with Crippen LogP contribution < -0.4 is 5.32 Å². The maximum Gasteiger partial charge on any atom is 0.321 e. The molecule has 1 aromatic rings. The zero-order valence-electron chi connectivity index (χ0n) is 10.1. The number of aliphatic hydroxyl groups excluding tert-OH is 1. The monoisotopic (exact) mass is 272 g/mol. The molecule has 0 bridgehead atoms. The van der Waals surface area contributed by atoms with E-state index < -0.39 is 29.9 Å². The fraction of sp³-hybridized carbons (Fsp3) is 0.417. The molecule has 104 valence electrons. The van der Waals surface area contributed by atoms with Crippen molar-refractivity contribution in [1.82, 2.24) is 4.90 Å². The number of β-amino-alcohol motifs (C(OH)–C–C–N with tert-alkyl or cyclic N) is 1. The molecule has 19 heavy (non-hydrogen) atoms. The molecule has 1 saturated heterocycles. The maximum absolute atomic E-state index is 13.0. The minimum atomic E-state index is -1.30. The van der Waals surface area contributed by atoms with E-state index in [4.69, 9.17) is 5.11 Å². The van der Waals surface area contributed by atoms with Gasteiger partial charge in [0.15, 0.2) is 0 Å². The quantitative estimate of drug-likeness (QED) is 0.749. The van der Waals surface area contributed by atoms with Gasteiger partial charge in [0, 0.05) is 18.3 Å². The standard InChI is InChI=1S/C12H14F2N2O3/c13-8-3-9(14)5-10(4-8)15-11(18)16-2-1-12(19,6-16)7-17/h3-5,17,19H,1-2,6-7H2,(H,15,18)/t12-/m0/s1. The summed E-state index contributed by atoms with van der Waals surface area (Å²) < 4.78 is 25.9. The molecule has 0 spiro atoms. The van der Waals surface area contributed by atoms with Crippen molar-refractivity contribution in [1.29, 1.82) is 0 Å². The van der Waals surface area contributed by atoms with Crippen LogP contribution in [0.4, 0.5) is 19.3 Å². The van der Waals surface area contributed by atoms with Gasteiger partial charge in [-0.25, -0.2) is 13.6 Å². The van der Waals surface area contributed by atoms with Crippen molar-refractivity contribution in [3.05, 3.63) is 29.8 Å². The highest BCUT2D eigenvalue weighted by molar-refractivity contribution is 5.89. The molecule has 0 unspecified atom stereocenters. The molecule has 0 saturated carbocycles. The zero-order chi connectivity index (χ0) is 14.0. The molecular weight excluding hydrogens is 258 g/mol. The van der Waals surface area contributed by atoms with Crippen molar-refractivity contribution < 1.29 is 23.8 Å². The molecule has 1 aromatic carbocycles. The number of hydrogen-bond acceptors (Lipinski definition) is 3. The lowest BCUT2D eigenvalue weighted by Crippen LogP contribution is -2.40. The van der Waals surface area contributed by atoms with E-state index in [-0.39, 0.29) is 25.2 Å². The lowest BCUT2D eigenvalue weighted by atomic mass is 10.1. The largest absolute Gasteiger partial charge is 0.393 e. The van der Waals surface area contributed by atoms with Crippen molar-refractivity contribution in [2.24, 2.45) is 0 Å². The van der Waals surface area contributed by atoms with Crippen molar-refractivity contribution in [3.8, 4) is 0 Å². The number of likely N-dealkylation sites (tertiary alicyclic amines) is 1. The molecule has 2 rings (SSSR count). The molecule has 3 N–H and O–H groups in total. The summed E-state index contributed by atoms with van der Waals surface area (Å²) in [6.45, 7) is -0.195. The molecule has 1 aliphatic rings. The number of nitrogens with zero attached hydrogens (tertiary/aromatic N) is 1. The molecule has 1 aliphatic heterocycles. The third kappa shape index (κ3) is 3.18. The van der Waals surface area contributed by atoms with Crippen molar-refractivity contribution in [3.63, 3.8) is 0 Å². The molecule has 1 heterocycles. The van der Waals surface area contributed by atoms with E-state index in [0.717, 1.165) is 12.1 Å². The van der Waals surface area contributed by atoms with Gasteiger partial charge in [0.05, 0.1) is 13.2 Å². The number of nitrogens with one attached hydrogen (secondary N) is 1. The fourth-order valence-electron chi connectivity index (χ4n) is 1.99. The minimum Gasteiger partial charge on any atom is -0.393 e. The second-order valence-electron chi connectivity index (χ2n) is 4.64. The maximum atomic E-state index is 13.0. The molecule has 0 aliphatic carbocycles. The van der Waals surface area contributed by atoms with Gasteiger partial charge in [0.1, 0.15) is 17.2 Å². The van der Waals surface area contributed by atoms with Gasteiger partial charge in [0.25, 0.3) is 0 Å². The summed E-state index contributed by atoms with van der Waals surface area (Å²) in [5.41, 5.74) is -1.30. The summed E-state index contributed by atoms with van der Waals surface area (Å²) >= 11 is 0. The van der Waals surface area contributed by atoms with Crippen LogP contribution in [0.15, 0.2) is 18.2 Å². The third-order valence-electron chi connectivity index (χ3n) is 3.03. The Morgan fingerprint density at radius 1 is 1.37 bits per heavy atom. The first-order chi connectivity index (χ1) is 8.92. The van der Waals surface area contributed by atoms with E-state index in [2.05, 4.69) is 5.32 Å². The topological polar surface area (TPSA) is 72.8 Å². The lowest BCUT2D eigenvalue weighted by molar-refractivity contribution is -0.00246. The average molecular weight is 272 g/mol. The van der Waals surface area contributed by atoms with Crippen LogP contribution in [0, 0.1) is 11.6 Å². The Morgan fingerprint density at radius 2 is 2.00 bits per heavy atom. The first kappa shape index (κ1) is 13.7. The van der Waals surface area contributed by atoms with E-state index in [0.29, 0.717) is 6.07 Å². The highest BCUT2D eigenvalue weighted by atomic mass is 19.1. The SMILES string of the molecule is O=C(Nc1cc(F)cc(F)c1)N1CC[C@@](O)(CO)C1. The number of amides is 2. The van der Waals surface area contributed by atoms with Gasteiger partial charge in [-0.05, 0) is 18.6 Å². The van der Waals surface area contributed by atoms with E-state index in [9.17, 15) is 18.7 Å². The smallest absolute Gasteiger partial charge is 0.321 e. The van der Waals surface area contributed by atoms with Gasteiger partial charge in [0.2, 0.25) is 0 Å². The van der Waals surface area contributed by atoms with Gasteiger partial charge in [-0.15, -0.1) is 0 Å². The molecule has 2 amide bonds. The Morgan fingerprint density at radius 3 is 2.53 bits per heavy atom. The fourth-order valence-corrected chi connectivity index (χ4v) is 1.99. The van der Waals surface area contributed by atoms with Gasteiger partial charge >= 0.3 is 6.03 Å². The van der Waals surface area contributed by atoms with Gasteiger partial charge in [-0.2, -0.15) is 0 Å². The molecular formula is C12H14F2N2O3. The van der Waals surface area contributed by atoms with Gasteiger partial charge < -0.3 is 20.4 Å². The molecule has 0 aromatic heterocycles. The zero-order valence-corrected chi connectivity index (χ0v) is 10.1. The third-order valence-corrected chi connectivity index (χ3v) is 3.03. The number of carbonyl (C=O) groups excluding carboxylic acids is 1. The van der Waals surface area contributed by atoms with Crippen molar-refractivity contribution in [2.45, 2.75) is 12.0 Å². The van der Waals surface area contributed by atoms with Gasteiger partial charge in [-0.1, -0.05) is 0 Å². The van der Waals surface area contributed by atoms with Crippen LogP contribution in [0.25, 0.3) is 0 Å². The average Bonchev–Trinajstić information content (AvgIpc) is 2.71. The number of rotatable bonds is 2. The Bertz CT molecular complexity index is 478. The second-order valence-corrected chi connectivity index (χ2v) is 4.64. The minimum absolute atomic E-state index is 0.00179. The number of benzene rings is 1. The molecule has 1 atom stereocenters. The summed E-state index contributed by atoms with van der Waals surface area (Å²) in [6, 6.07) is 2.12. The molecule has 5 nitrogen and oxygen atoms in total. The Labute approximate surface area is 108 Å². The second kappa shape index (κ2) is 5.10. The highest BCUT2D eigenvalue weighted by Gasteiger charge is 2.37. The number of hydrogen-bond donors (Lipinski definition) is 3. The van der Waals surface area contributed by atoms with E-state index >= 15 is 0 Å². The van der Waals surface area contributed by atoms with Crippen molar-refractivity contribution >= 4 is 11.7 Å². The summed E-state index contributed by atoms with van der Waals surface area (Å²) in [4.78, 5) is 13.1. The van der Waals surface area contributed by atoms with Crippen LogP contribution >= 0.6 is 0 Å². The van der Waals surface area contributed by atoms with Crippen LogP contribution in [0.5, 0.6) is 0 Å². The molecule has 0 radical (unpaired) electrons. The number of halogens is 2. The predicted octanol–water partition coefficient (Wildman–Crippen LogP) is 0.926. The summed E-state index contributed by atoms with van der Waals surface area (Å²) in [5, 5.41) is 21.1. The van der Waals surface area contributed by atoms with Crippen LogP contribution in [-0.4, -0.2) is 46.4 Å². The first-order valence-electron chi connectivity index (χ1n) is 5.77. The Balaban J connectivity index is 2.02. The van der Waals surface area contributed by atoms with E-state index in [1.807, 2.05) is 0 Å². The Kier molecular flexibility index (Phi) is 3.68. The number of aliphatic hydroxyl groups is 2. The Hall–Kier alpha value is -1.73. The lowest BCUT2D eigenvalue weighted by Gasteiger charge is -2.21. The van der Waals surface area contributed by atoms with E-state index in [1.165, 1.54) is 4.90 Å². The van der Waals surface area contributed by atoms with Crippen molar-refractivity contribution in [2.75, 3.05) is 25.0 Å². The van der Waals surface area contributed by atoms with Gasteiger partial charge in [-0.3, -0.25) is 0 Å². The predicted molar refractivity (Wildman–Crippen MR) is 63.6 cm³/mol. The summed E-state index contributed by atoms with van der Waals surface area (Å²) in [5.74, 6) is -1.58. The molecule has 1 fully saturated rings. The number of anilines is 1. The number of urea groups is 1. The van der Waals surface area contributed by atoms with Crippen LogP contribution in [-0.2, 0) is 0 Å². The van der Waals surface area contributed by atoms with Crippen LogP contribution in [0.1, 0.15) is 6.42 Å². The molecule has 7 heteroatoms. The van der Waals surface area contributed by atoms with Crippen LogP contribution in [0.2, 0.25) is 0 Å². The summed E-state index contributed by atoms with van der Waals surface area (Å²) in [7, 11) is 0. The van der Waals surface area contributed by atoms with Crippen LogP contribution in [0.3, 0.4) is 0 Å². The first-order valence-corrected chi connectivity index (χ1v) is 5.77. The van der Waals surface area contributed by atoms with E-state index in [1.54, 1.807) is 0 Å². The highest BCUT2D eigenvalue weighted by Crippen LogP contribution is 2.22. The number of carbonyl (C=O) groups is 1.